The van der Waals surface area contributed by atoms with Crippen molar-refractivity contribution in [1.29, 1.82) is 0 Å². The number of aliphatic hydroxyl groups excluding tert-OH is 1. The minimum Gasteiger partial charge on any atom is -0.478 e. The van der Waals surface area contributed by atoms with E-state index in [-0.39, 0.29) is 17.7 Å². The van der Waals surface area contributed by atoms with Gasteiger partial charge in [0.2, 0.25) is 0 Å². The number of nitrogens with one attached hydrogen (secondary N) is 1. The summed E-state index contributed by atoms with van der Waals surface area (Å²) >= 11 is 0. The van der Waals surface area contributed by atoms with Crippen molar-refractivity contribution in [2.45, 2.75) is 20.5 Å². The molecule has 0 unspecified atom stereocenters. The highest BCUT2D eigenvalue weighted by Crippen LogP contribution is 2.24. The standard InChI is InChI=1S/C20H19N3O4/c1-12-4-3-5-16(20(26)27)18(12)21-10-17-13(2)22-23(19(17)25)15-8-6-14(11-24)7-9-15/h3-10,22,24H,11H2,1-2H3,(H,26,27). The Morgan fingerprint density at radius 3 is 2.52 bits per heavy atom. The lowest BCUT2D eigenvalue weighted by Gasteiger charge is -2.03. The third-order valence-electron chi connectivity index (χ3n) is 4.29. The number of hydrogen-bond acceptors (Lipinski definition) is 4. The van der Waals surface area contributed by atoms with Gasteiger partial charge in [-0.1, -0.05) is 24.3 Å². The molecule has 3 aromatic rings. The van der Waals surface area contributed by atoms with Gasteiger partial charge in [0.05, 0.1) is 29.1 Å². The van der Waals surface area contributed by atoms with Gasteiger partial charge in [-0.05, 0) is 43.2 Å². The van der Waals surface area contributed by atoms with Crippen LogP contribution in [-0.2, 0) is 6.61 Å². The molecule has 0 amide bonds. The molecule has 1 aromatic heterocycles. The fraction of sp³-hybridized carbons (Fsp3) is 0.150. The Labute approximate surface area is 155 Å². The van der Waals surface area contributed by atoms with Crippen LogP contribution in [0.1, 0.15) is 32.7 Å². The lowest BCUT2D eigenvalue weighted by atomic mass is 10.1. The lowest BCUT2D eigenvalue weighted by Crippen LogP contribution is -2.17. The van der Waals surface area contributed by atoms with Gasteiger partial charge in [-0.3, -0.25) is 14.9 Å². The smallest absolute Gasteiger partial charge is 0.337 e. The molecule has 0 bridgehead atoms. The van der Waals surface area contributed by atoms with E-state index in [1.54, 1.807) is 50.2 Å². The number of hydrogen-bond donors (Lipinski definition) is 3. The van der Waals surface area contributed by atoms with Crippen LogP contribution in [0.2, 0.25) is 0 Å². The van der Waals surface area contributed by atoms with Crippen molar-refractivity contribution in [3.8, 4) is 5.69 Å². The average molecular weight is 365 g/mol. The van der Waals surface area contributed by atoms with Crippen LogP contribution in [0.25, 0.3) is 5.69 Å². The molecular formula is C20H19N3O4. The number of carboxylic acids is 1. The summed E-state index contributed by atoms with van der Waals surface area (Å²) in [6.45, 7) is 3.45. The Bertz CT molecular complexity index is 1080. The van der Waals surface area contributed by atoms with Gasteiger partial charge < -0.3 is 10.2 Å². The summed E-state index contributed by atoms with van der Waals surface area (Å²) in [6, 6.07) is 11.8. The number of aryl methyl sites for hydroxylation is 2. The third-order valence-corrected chi connectivity index (χ3v) is 4.29. The third kappa shape index (κ3) is 3.58. The molecule has 138 valence electrons. The molecule has 0 radical (unpaired) electrons. The first kappa shape index (κ1) is 18.3. The largest absolute Gasteiger partial charge is 0.478 e. The minimum atomic E-state index is -1.07. The van der Waals surface area contributed by atoms with Crippen LogP contribution in [0, 0.1) is 13.8 Å². The Kier molecular flexibility index (Phi) is 5.05. The molecule has 27 heavy (non-hydrogen) atoms. The van der Waals surface area contributed by atoms with Crippen molar-refractivity contribution < 1.29 is 15.0 Å². The maximum atomic E-state index is 12.7. The van der Waals surface area contributed by atoms with E-state index in [4.69, 9.17) is 5.11 Å². The first-order valence-corrected chi connectivity index (χ1v) is 8.31. The van der Waals surface area contributed by atoms with Gasteiger partial charge in [-0.15, -0.1) is 0 Å². The predicted octanol–water partition coefficient (Wildman–Crippen LogP) is 2.72. The molecule has 0 saturated heterocycles. The second-order valence-electron chi connectivity index (χ2n) is 6.15. The maximum absolute atomic E-state index is 12.7. The fourth-order valence-electron chi connectivity index (χ4n) is 2.78. The average Bonchev–Trinajstić information content (AvgIpc) is 2.94. The van der Waals surface area contributed by atoms with Crippen LogP contribution in [0.5, 0.6) is 0 Å². The highest BCUT2D eigenvalue weighted by Gasteiger charge is 2.13. The molecule has 0 aliphatic heterocycles. The quantitative estimate of drug-likeness (QED) is 0.604. The molecule has 0 atom stereocenters. The number of para-hydroxylation sites is 1. The number of H-pyrrole nitrogens is 1. The van der Waals surface area contributed by atoms with E-state index in [1.807, 2.05) is 0 Å². The van der Waals surface area contributed by atoms with Gasteiger partial charge in [-0.25, -0.2) is 9.48 Å². The molecule has 0 aliphatic rings. The van der Waals surface area contributed by atoms with Crippen LogP contribution >= 0.6 is 0 Å². The maximum Gasteiger partial charge on any atom is 0.337 e. The molecule has 3 N–H and O–H groups in total. The Balaban J connectivity index is 2.02. The van der Waals surface area contributed by atoms with Crippen LogP contribution in [-0.4, -0.2) is 32.2 Å². The van der Waals surface area contributed by atoms with Gasteiger partial charge in [0.25, 0.3) is 5.56 Å². The van der Waals surface area contributed by atoms with Crippen molar-refractivity contribution in [2.75, 3.05) is 0 Å². The summed E-state index contributed by atoms with van der Waals surface area (Å²) in [7, 11) is 0. The minimum absolute atomic E-state index is 0.0703. The van der Waals surface area contributed by atoms with Crippen LogP contribution < -0.4 is 5.56 Å². The summed E-state index contributed by atoms with van der Waals surface area (Å²) in [5.74, 6) is -1.07. The molecule has 7 heteroatoms. The predicted molar refractivity (Wildman–Crippen MR) is 102 cm³/mol. The summed E-state index contributed by atoms with van der Waals surface area (Å²) in [6.07, 6.45) is 1.39. The normalized spacial score (nSPS) is 11.2. The number of nitrogens with zero attached hydrogens (tertiary/aromatic N) is 2. The molecule has 0 aliphatic carbocycles. The molecule has 0 spiro atoms. The highest BCUT2D eigenvalue weighted by atomic mass is 16.4. The molecule has 0 saturated carbocycles. The van der Waals surface area contributed by atoms with E-state index < -0.39 is 5.97 Å². The Morgan fingerprint density at radius 2 is 1.89 bits per heavy atom. The number of aromatic carboxylic acids is 1. The Morgan fingerprint density at radius 1 is 1.19 bits per heavy atom. The van der Waals surface area contributed by atoms with Crippen LogP contribution in [0.4, 0.5) is 5.69 Å². The fourth-order valence-corrected chi connectivity index (χ4v) is 2.78. The zero-order valence-electron chi connectivity index (χ0n) is 14.9. The molecule has 3 rings (SSSR count). The van der Waals surface area contributed by atoms with E-state index in [2.05, 4.69) is 10.1 Å². The van der Waals surface area contributed by atoms with E-state index in [0.29, 0.717) is 28.2 Å². The van der Waals surface area contributed by atoms with Gasteiger partial charge in [0.1, 0.15) is 0 Å². The van der Waals surface area contributed by atoms with Crippen molar-refractivity contribution in [1.82, 2.24) is 9.78 Å². The van der Waals surface area contributed by atoms with E-state index in [9.17, 15) is 14.7 Å². The number of aromatic amines is 1. The summed E-state index contributed by atoms with van der Waals surface area (Å²) in [4.78, 5) is 28.4. The van der Waals surface area contributed by atoms with Crippen molar-refractivity contribution in [3.05, 3.63) is 80.8 Å². The van der Waals surface area contributed by atoms with Gasteiger partial charge in [-0.2, -0.15) is 0 Å². The van der Waals surface area contributed by atoms with E-state index in [0.717, 1.165) is 5.56 Å². The SMILES string of the molecule is Cc1cccc(C(=O)O)c1N=Cc1c(C)[nH]n(-c2ccc(CO)cc2)c1=O. The first-order valence-electron chi connectivity index (χ1n) is 8.31. The Hall–Kier alpha value is -3.45. The first-order chi connectivity index (χ1) is 12.9. The number of carboxylic acid groups (broad SMARTS) is 1. The molecule has 0 fully saturated rings. The monoisotopic (exact) mass is 365 g/mol. The molecule has 1 heterocycles. The number of aliphatic hydroxyl groups is 1. The number of rotatable bonds is 5. The number of benzene rings is 2. The number of aliphatic imine (C=N–C) groups is 1. The highest BCUT2D eigenvalue weighted by molar-refractivity contribution is 5.96. The van der Waals surface area contributed by atoms with Gasteiger partial charge >= 0.3 is 5.97 Å². The van der Waals surface area contributed by atoms with E-state index in [1.165, 1.54) is 17.0 Å². The number of aromatic nitrogens is 2. The van der Waals surface area contributed by atoms with Crippen LogP contribution in [0.3, 0.4) is 0 Å². The summed E-state index contributed by atoms with van der Waals surface area (Å²) in [5.41, 5.74) is 3.15. The zero-order chi connectivity index (χ0) is 19.6. The van der Waals surface area contributed by atoms with E-state index >= 15 is 0 Å². The second kappa shape index (κ2) is 7.43. The molecule has 2 aromatic carbocycles. The zero-order valence-corrected chi connectivity index (χ0v) is 14.9. The molecule has 7 nitrogen and oxygen atoms in total. The van der Waals surface area contributed by atoms with Crippen molar-refractivity contribution >= 4 is 17.9 Å². The molecular weight excluding hydrogens is 346 g/mol. The van der Waals surface area contributed by atoms with Crippen molar-refractivity contribution in [3.63, 3.8) is 0 Å². The van der Waals surface area contributed by atoms with Gasteiger partial charge in [0.15, 0.2) is 0 Å². The number of carbonyl (C=O) groups is 1. The topological polar surface area (TPSA) is 108 Å². The van der Waals surface area contributed by atoms with Gasteiger partial charge in [0, 0.05) is 11.9 Å². The second-order valence-corrected chi connectivity index (χ2v) is 6.15. The summed E-state index contributed by atoms with van der Waals surface area (Å²) < 4.78 is 1.38. The van der Waals surface area contributed by atoms with Crippen molar-refractivity contribution in [2.24, 2.45) is 4.99 Å². The lowest BCUT2D eigenvalue weighted by molar-refractivity contribution is 0.0697. The van der Waals surface area contributed by atoms with Crippen LogP contribution in [0.15, 0.2) is 52.3 Å². The summed E-state index contributed by atoms with van der Waals surface area (Å²) in [5, 5.41) is 21.4.